The second-order valence-electron chi connectivity index (χ2n) is 7.33. The molecule has 0 saturated carbocycles. The van der Waals surface area contributed by atoms with Gasteiger partial charge in [0.2, 0.25) is 0 Å². The van der Waals surface area contributed by atoms with E-state index in [0.717, 1.165) is 33.5 Å². The van der Waals surface area contributed by atoms with E-state index in [2.05, 4.69) is 30.3 Å². The number of hydrogen-bond donors (Lipinski definition) is 0. The molecule has 1 aliphatic heterocycles. The van der Waals surface area contributed by atoms with E-state index in [4.69, 9.17) is 9.47 Å². The van der Waals surface area contributed by atoms with Gasteiger partial charge in [0.1, 0.15) is 5.57 Å². The summed E-state index contributed by atoms with van der Waals surface area (Å²) in [7, 11) is 0. The predicted octanol–water partition coefficient (Wildman–Crippen LogP) is 5.55. The van der Waals surface area contributed by atoms with Gasteiger partial charge in [-0.05, 0) is 45.7 Å². The summed E-state index contributed by atoms with van der Waals surface area (Å²) in [6.45, 7) is 3.55. The molecular weight excluding hydrogens is 364 g/mol. The molecule has 4 nitrogen and oxygen atoms in total. The molecule has 1 heterocycles. The van der Waals surface area contributed by atoms with Gasteiger partial charge in [0.15, 0.2) is 0 Å². The first-order valence-electron chi connectivity index (χ1n) is 9.76. The normalized spacial score (nSPS) is 19.6. The van der Waals surface area contributed by atoms with Gasteiger partial charge >= 0.3 is 11.9 Å². The van der Waals surface area contributed by atoms with Gasteiger partial charge in [-0.25, -0.2) is 9.59 Å². The van der Waals surface area contributed by atoms with Crippen molar-refractivity contribution in [2.75, 3.05) is 0 Å². The predicted molar refractivity (Wildman–Crippen MR) is 114 cm³/mol. The molecule has 0 atom stereocenters. The minimum absolute atomic E-state index is 0.0978. The van der Waals surface area contributed by atoms with E-state index in [1.54, 1.807) is 13.0 Å². The van der Waals surface area contributed by atoms with E-state index in [0.29, 0.717) is 6.42 Å². The van der Waals surface area contributed by atoms with Crippen LogP contribution in [0.25, 0.3) is 27.6 Å². The van der Waals surface area contributed by atoms with Gasteiger partial charge in [-0.2, -0.15) is 0 Å². The fourth-order valence-corrected chi connectivity index (χ4v) is 3.77. The molecule has 0 unspecified atom stereocenters. The lowest BCUT2D eigenvalue weighted by Crippen LogP contribution is -2.44. The van der Waals surface area contributed by atoms with Crippen molar-refractivity contribution in [2.45, 2.75) is 32.5 Å². The van der Waals surface area contributed by atoms with Crippen molar-refractivity contribution in [1.82, 2.24) is 0 Å². The molecule has 0 radical (unpaired) electrons. The van der Waals surface area contributed by atoms with Gasteiger partial charge in [-0.3, -0.25) is 0 Å². The average Bonchev–Trinajstić information content (AvgIpc) is 2.69. The number of carbonyl (C=O) groups is 2. The van der Waals surface area contributed by atoms with Crippen molar-refractivity contribution >= 4 is 39.6 Å². The first kappa shape index (κ1) is 18.9. The largest absolute Gasteiger partial charge is 0.419 e. The molecule has 1 aliphatic rings. The first-order valence-corrected chi connectivity index (χ1v) is 9.76. The summed E-state index contributed by atoms with van der Waals surface area (Å²) < 4.78 is 10.7. The molecule has 3 aromatic rings. The molecule has 0 bridgehead atoms. The third-order valence-electron chi connectivity index (χ3n) is 5.10. The Morgan fingerprint density at radius 1 is 0.897 bits per heavy atom. The van der Waals surface area contributed by atoms with E-state index >= 15 is 0 Å². The standard InChI is InChI=1S/C25H22O4/c1-3-15-25(2)28-23(26)22(24(27)29-25)14-8-13-21-19-11-6-4-9-17(19)16-18-10-5-7-12-20(18)21/h4-14,16H,3,15H2,1-2H3/b13-8+,22-14?. The molecule has 29 heavy (non-hydrogen) atoms. The Kier molecular flexibility index (Phi) is 4.93. The Balaban J connectivity index is 1.72. The van der Waals surface area contributed by atoms with Gasteiger partial charge in [0, 0.05) is 13.3 Å². The molecule has 3 aromatic carbocycles. The lowest BCUT2D eigenvalue weighted by atomic mass is 9.96. The van der Waals surface area contributed by atoms with Gasteiger partial charge in [0.05, 0.1) is 0 Å². The second kappa shape index (κ2) is 7.55. The highest BCUT2D eigenvalue weighted by atomic mass is 16.7. The molecule has 4 rings (SSSR count). The van der Waals surface area contributed by atoms with Crippen LogP contribution in [0.4, 0.5) is 0 Å². The highest BCUT2D eigenvalue weighted by molar-refractivity contribution is 6.15. The summed E-state index contributed by atoms with van der Waals surface area (Å²) >= 11 is 0. The number of allylic oxidation sites excluding steroid dienone is 2. The van der Waals surface area contributed by atoms with Crippen LogP contribution in [0.15, 0.2) is 72.3 Å². The van der Waals surface area contributed by atoms with Gasteiger partial charge < -0.3 is 9.47 Å². The topological polar surface area (TPSA) is 52.6 Å². The average molecular weight is 386 g/mol. The maximum Gasteiger partial charge on any atom is 0.348 e. The molecular formula is C25H22O4. The van der Waals surface area contributed by atoms with Crippen LogP contribution in [0.2, 0.25) is 0 Å². The van der Waals surface area contributed by atoms with E-state index < -0.39 is 17.7 Å². The molecule has 4 heteroatoms. The van der Waals surface area contributed by atoms with Crippen molar-refractivity contribution < 1.29 is 19.1 Å². The smallest absolute Gasteiger partial charge is 0.348 e. The number of fused-ring (bicyclic) bond motifs is 2. The fourth-order valence-electron chi connectivity index (χ4n) is 3.77. The monoisotopic (exact) mass is 386 g/mol. The lowest BCUT2D eigenvalue weighted by molar-refractivity contribution is -0.230. The van der Waals surface area contributed by atoms with Crippen molar-refractivity contribution in [3.05, 3.63) is 77.9 Å². The quantitative estimate of drug-likeness (QED) is 0.255. The molecule has 0 N–H and O–H groups in total. The van der Waals surface area contributed by atoms with E-state index in [-0.39, 0.29) is 5.57 Å². The number of rotatable bonds is 4. The third kappa shape index (κ3) is 3.66. The number of esters is 2. The van der Waals surface area contributed by atoms with Crippen LogP contribution >= 0.6 is 0 Å². The molecule has 1 fully saturated rings. The summed E-state index contributed by atoms with van der Waals surface area (Å²) in [5.41, 5.74) is 0.934. The summed E-state index contributed by atoms with van der Waals surface area (Å²) in [6.07, 6.45) is 6.29. The van der Waals surface area contributed by atoms with Crippen LogP contribution in [0.5, 0.6) is 0 Å². The van der Waals surface area contributed by atoms with Crippen LogP contribution < -0.4 is 0 Å². The third-order valence-corrected chi connectivity index (χ3v) is 5.10. The zero-order valence-electron chi connectivity index (χ0n) is 16.5. The number of cyclic esters (lactones) is 2. The molecule has 146 valence electrons. The Hall–Kier alpha value is -3.40. The van der Waals surface area contributed by atoms with Crippen molar-refractivity contribution in [2.24, 2.45) is 0 Å². The Morgan fingerprint density at radius 2 is 1.45 bits per heavy atom. The Labute approximate surface area is 169 Å². The summed E-state index contributed by atoms with van der Waals surface area (Å²) in [5.74, 6) is -2.48. The van der Waals surface area contributed by atoms with Crippen molar-refractivity contribution in [3.8, 4) is 0 Å². The minimum atomic E-state index is -1.18. The van der Waals surface area contributed by atoms with Crippen LogP contribution in [0.1, 0.15) is 32.3 Å². The van der Waals surface area contributed by atoms with Crippen molar-refractivity contribution in [1.29, 1.82) is 0 Å². The summed E-state index contributed by atoms with van der Waals surface area (Å²) in [4.78, 5) is 24.7. The van der Waals surface area contributed by atoms with Crippen LogP contribution in [-0.4, -0.2) is 17.7 Å². The molecule has 0 aromatic heterocycles. The summed E-state index contributed by atoms with van der Waals surface area (Å²) in [5, 5.41) is 4.46. The number of ether oxygens (including phenoxy) is 2. The fraction of sp³-hybridized carbons (Fsp3) is 0.200. The molecule has 0 spiro atoms. The number of benzene rings is 3. The van der Waals surface area contributed by atoms with Crippen LogP contribution in [-0.2, 0) is 19.1 Å². The van der Waals surface area contributed by atoms with Gasteiger partial charge in [0.25, 0.3) is 5.79 Å². The highest BCUT2D eigenvalue weighted by Gasteiger charge is 2.41. The Bertz CT molecular complexity index is 1100. The molecule has 0 aliphatic carbocycles. The van der Waals surface area contributed by atoms with E-state index in [9.17, 15) is 9.59 Å². The van der Waals surface area contributed by atoms with Gasteiger partial charge in [-0.1, -0.05) is 67.6 Å². The highest BCUT2D eigenvalue weighted by Crippen LogP contribution is 2.30. The summed E-state index contributed by atoms with van der Waals surface area (Å²) in [6, 6.07) is 18.4. The minimum Gasteiger partial charge on any atom is -0.419 e. The SMILES string of the molecule is CCCC1(C)OC(=O)C(=C/C=C/c2c3ccccc3cc3ccccc23)C(=O)O1. The van der Waals surface area contributed by atoms with E-state index in [1.165, 1.54) is 6.08 Å². The Morgan fingerprint density at radius 3 is 2.00 bits per heavy atom. The zero-order chi connectivity index (χ0) is 20.4. The second-order valence-corrected chi connectivity index (χ2v) is 7.33. The first-order chi connectivity index (χ1) is 14.0. The maximum absolute atomic E-state index is 12.3. The van der Waals surface area contributed by atoms with E-state index in [1.807, 2.05) is 37.3 Å². The number of hydrogen-bond acceptors (Lipinski definition) is 4. The lowest BCUT2D eigenvalue weighted by Gasteiger charge is -2.32. The zero-order valence-corrected chi connectivity index (χ0v) is 16.5. The molecule has 0 amide bonds. The van der Waals surface area contributed by atoms with Gasteiger partial charge in [-0.15, -0.1) is 0 Å². The number of carbonyl (C=O) groups excluding carboxylic acids is 2. The maximum atomic E-state index is 12.3. The van der Waals surface area contributed by atoms with Crippen molar-refractivity contribution in [3.63, 3.8) is 0 Å². The van der Waals surface area contributed by atoms with Crippen LogP contribution in [0.3, 0.4) is 0 Å². The van der Waals surface area contributed by atoms with Crippen LogP contribution in [0, 0.1) is 0 Å². The molecule has 1 saturated heterocycles.